The quantitative estimate of drug-likeness (QED) is 0.945. The fourth-order valence-electron chi connectivity index (χ4n) is 1.42. The molecular formula is C11H10Cl2N4OS. The summed E-state index contributed by atoms with van der Waals surface area (Å²) in [5, 5.41) is 12.8. The number of aromatic nitrogens is 3. The fraction of sp³-hybridized carbons (Fsp3) is 0.273. The van der Waals surface area contributed by atoms with Crippen LogP contribution in [0.3, 0.4) is 0 Å². The lowest BCUT2D eigenvalue weighted by atomic mass is 10.2. The lowest BCUT2D eigenvalue weighted by Gasteiger charge is -2.11. The molecule has 0 saturated carbocycles. The van der Waals surface area contributed by atoms with E-state index in [4.69, 9.17) is 23.2 Å². The zero-order valence-electron chi connectivity index (χ0n) is 10.1. The van der Waals surface area contributed by atoms with E-state index in [2.05, 4.69) is 20.5 Å². The molecule has 2 aromatic rings. The second-order valence-corrected chi connectivity index (χ2v) is 5.53. The highest BCUT2D eigenvalue weighted by Gasteiger charge is 2.17. The second kappa shape index (κ2) is 5.81. The summed E-state index contributed by atoms with van der Waals surface area (Å²) in [5.41, 5.74) is 1.12. The normalized spacial score (nSPS) is 12.2. The Morgan fingerprint density at radius 1 is 1.42 bits per heavy atom. The molecule has 5 nitrogen and oxygen atoms in total. The number of nitrogens with zero attached hydrogens (tertiary/aromatic N) is 3. The number of thiazole rings is 1. The van der Waals surface area contributed by atoms with Crippen LogP contribution in [0.5, 0.6) is 0 Å². The standard InChI is InChI=1S/C11H10Cl2N4OS/c1-5-4-19-11(14-5)6(2)15-10(18)7-3-8(12)16-17-9(7)13/h3-4,6H,1-2H3,(H,15,18). The minimum absolute atomic E-state index is 0.0180. The van der Waals surface area contributed by atoms with Gasteiger partial charge in [0, 0.05) is 11.1 Å². The minimum atomic E-state index is -0.359. The highest BCUT2D eigenvalue weighted by Crippen LogP contribution is 2.20. The Bertz CT molecular complexity index is 616. The third-order valence-electron chi connectivity index (χ3n) is 2.32. The largest absolute Gasteiger partial charge is 0.343 e. The molecule has 2 aromatic heterocycles. The monoisotopic (exact) mass is 316 g/mol. The number of amides is 1. The number of aryl methyl sites for hydroxylation is 1. The van der Waals surface area contributed by atoms with Gasteiger partial charge in [0.05, 0.1) is 11.6 Å². The van der Waals surface area contributed by atoms with E-state index in [9.17, 15) is 4.79 Å². The van der Waals surface area contributed by atoms with Gasteiger partial charge in [-0.25, -0.2) is 4.98 Å². The van der Waals surface area contributed by atoms with Crippen LogP contribution in [-0.2, 0) is 0 Å². The van der Waals surface area contributed by atoms with Crippen LogP contribution in [0.2, 0.25) is 10.3 Å². The van der Waals surface area contributed by atoms with Crippen LogP contribution in [-0.4, -0.2) is 21.1 Å². The maximum atomic E-state index is 12.1. The van der Waals surface area contributed by atoms with Crippen LogP contribution >= 0.6 is 34.5 Å². The van der Waals surface area contributed by atoms with Crippen molar-refractivity contribution in [3.8, 4) is 0 Å². The van der Waals surface area contributed by atoms with Crippen molar-refractivity contribution in [3.63, 3.8) is 0 Å². The molecular weight excluding hydrogens is 307 g/mol. The smallest absolute Gasteiger partial charge is 0.255 e. The molecule has 2 heterocycles. The molecule has 19 heavy (non-hydrogen) atoms. The van der Waals surface area contributed by atoms with Gasteiger partial charge in [-0.1, -0.05) is 23.2 Å². The number of hydrogen-bond acceptors (Lipinski definition) is 5. The summed E-state index contributed by atoms with van der Waals surface area (Å²) >= 11 is 13.0. The van der Waals surface area contributed by atoms with E-state index < -0.39 is 0 Å². The summed E-state index contributed by atoms with van der Waals surface area (Å²) in [6.45, 7) is 3.75. The van der Waals surface area contributed by atoms with E-state index in [-0.39, 0.29) is 27.8 Å². The van der Waals surface area contributed by atoms with Gasteiger partial charge in [-0.05, 0) is 19.9 Å². The van der Waals surface area contributed by atoms with Gasteiger partial charge in [0.2, 0.25) is 0 Å². The van der Waals surface area contributed by atoms with Crippen molar-refractivity contribution in [2.75, 3.05) is 0 Å². The van der Waals surface area contributed by atoms with Crippen LogP contribution in [0.1, 0.15) is 34.0 Å². The van der Waals surface area contributed by atoms with Gasteiger partial charge in [0.25, 0.3) is 5.91 Å². The van der Waals surface area contributed by atoms with Gasteiger partial charge in [-0.3, -0.25) is 4.79 Å². The first-order valence-corrected chi connectivity index (χ1v) is 7.02. The number of rotatable bonds is 3. The molecule has 0 aliphatic rings. The van der Waals surface area contributed by atoms with E-state index in [1.165, 1.54) is 17.4 Å². The molecule has 0 aliphatic carbocycles. The van der Waals surface area contributed by atoms with Gasteiger partial charge >= 0.3 is 0 Å². The summed E-state index contributed by atoms with van der Waals surface area (Å²) in [6, 6.07) is 1.17. The Hall–Kier alpha value is -1.24. The van der Waals surface area contributed by atoms with E-state index >= 15 is 0 Å². The van der Waals surface area contributed by atoms with Gasteiger partial charge in [0.1, 0.15) is 5.01 Å². The van der Waals surface area contributed by atoms with Crippen molar-refractivity contribution in [3.05, 3.63) is 38.0 Å². The topological polar surface area (TPSA) is 67.8 Å². The summed E-state index contributed by atoms with van der Waals surface area (Å²) in [6.07, 6.45) is 0. The van der Waals surface area contributed by atoms with Gasteiger partial charge in [-0.15, -0.1) is 21.5 Å². The average Bonchev–Trinajstić information content (AvgIpc) is 2.79. The van der Waals surface area contributed by atoms with Crippen molar-refractivity contribution >= 4 is 40.4 Å². The first-order chi connectivity index (χ1) is 8.97. The van der Waals surface area contributed by atoms with Crippen molar-refractivity contribution in [1.29, 1.82) is 0 Å². The van der Waals surface area contributed by atoms with E-state index in [0.29, 0.717) is 0 Å². The summed E-state index contributed by atoms with van der Waals surface area (Å²) in [7, 11) is 0. The van der Waals surface area contributed by atoms with Crippen molar-refractivity contribution in [2.24, 2.45) is 0 Å². The third-order valence-corrected chi connectivity index (χ3v) is 3.93. The Labute approximate surface area is 124 Å². The molecule has 0 radical (unpaired) electrons. The number of carbonyl (C=O) groups is 1. The molecule has 8 heteroatoms. The maximum Gasteiger partial charge on any atom is 0.255 e. The zero-order valence-corrected chi connectivity index (χ0v) is 12.5. The predicted octanol–water partition coefficient (Wildman–Crippen LogP) is 3.04. The van der Waals surface area contributed by atoms with Crippen LogP contribution in [0.15, 0.2) is 11.4 Å². The molecule has 0 spiro atoms. The summed E-state index contributed by atoms with van der Waals surface area (Å²) < 4.78 is 0. The van der Waals surface area contributed by atoms with Crippen molar-refractivity contribution < 1.29 is 4.79 Å². The number of nitrogens with one attached hydrogen (secondary N) is 1. The zero-order chi connectivity index (χ0) is 14.0. The minimum Gasteiger partial charge on any atom is -0.343 e. The number of hydrogen-bond donors (Lipinski definition) is 1. The lowest BCUT2D eigenvalue weighted by molar-refractivity contribution is 0.0939. The molecule has 0 aliphatic heterocycles. The predicted molar refractivity (Wildman–Crippen MR) is 74.8 cm³/mol. The summed E-state index contributed by atoms with van der Waals surface area (Å²) in [4.78, 5) is 16.4. The first-order valence-electron chi connectivity index (χ1n) is 5.39. The van der Waals surface area contributed by atoms with E-state index in [1.54, 1.807) is 0 Å². The van der Waals surface area contributed by atoms with Crippen LogP contribution < -0.4 is 5.32 Å². The maximum absolute atomic E-state index is 12.1. The second-order valence-electron chi connectivity index (χ2n) is 3.89. The summed E-state index contributed by atoms with van der Waals surface area (Å²) in [5.74, 6) is -0.359. The molecule has 2 rings (SSSR count). The molecule has 0 fully saturated rings. The lowest BCUT2D eigenvalue weighted by Crippen LogP contribution is -2.27. The van der Waals surface area contributed by atoms with Crippen LogP contribution in [0.25, 0.3) is 0 Å². The SMILES string of the molecule is Cc1csc(C(C)NC(=O)c2cc(Cl)nnc2Cl)n1. The molecule has 1 amide bonds. The van der Waals surface area contributed by atoms with Gasteiger partial charge in [-0.2, -0.15) is 0 Å². The third kappa shape index (κ3) is 3.40. The molecule has 0 aromatic carbocycles. The first kappa shape index (κ1) is 14.2. The highest BCUT2D eigenvalue weighted by molar-refractivity contribution is 7.09. The van der Waals surface area contributed by atoms with E-state index in [0.717, 1.165) is 10.7 Å². The Balaban J connectivity index is 2.15. The van der Waals surface area contributed by atoms with E-state index in [1.807, 2.05) is 19.2 Å². The van der Waals surface area contributed by atoms with Crippen LogP contribution in [0.4, 0.5) is 0 Å². The Morgan fingerprint density at radius 3 is 2.79 bits per heavy atom. The fourth-order valence-corrected chi connectivity index (χ4v) is 2.55. The molecule has 1 atom stereocenters. The molecule has 1 unspecified atom stereocenters. The average molecular weight is 317 g/mol. The highest BCUT2D eigenvalue weighted by atomic mass is 35.5. The Morgan fingerprint density at radius 2 is 2.16 bits per heavy atom. The van der Waals surface area contributed by atoms with Crippen molar-refractivity contribution in [1.82, 2.24) is 20.5 Å². The number of halogens is 2. The molecule has 0 bridgehead atoms. The Kier molecular flexibility index (Phi) is 4.34. The van der Waals surface area contributed by atoms with Crippen molar-refractivity contribution in [2.45, 2.75) is 19.9 Å². The molecule has 0 saturated heterocycles. The molecule has 100 valence electrons. The molecule has 1 N–H and O–H groups in total. The van der Waals surface area contributed by atoms with Gasteiger partial charge < -0.3 is 5.32 Å². The number of carbonyl (C=O) groups excluding carboxylic acids is 1. The van der Waals surface area contributed by atoms with Crippen LogP contribution in [0, 0.1) is 6.92 Å². The van der Waals surface area contributed by atoms with Gasteiger partial charge in [0.15, 0.2) is 10.3 Å².